The van der Waals surface area contributed by atoms with Crippen LogP contribution in [0.15, 0.2) is 48.8 Å². The minimum absolute atomic E-state index is 0.00137. The van der Waals surface area contributed by atoms with Crippen molar-refractivity contribution in [3.8, 4) is 16.9 Å². The summed E-state index contributed by atoms with van der Waals surface area (Å²) in [4.78, 5) is 34.6. The Morgan fingerprint density at radius 2 is 1.56 bits per heavy atom. The van der Waals surface area contributed by atoms with Gasteiger partial charge in [-0.3, -0.25) is 14.6 Å². The molecule has 0 atom stereocenters. The van der Waals surface area contributed by atoms with E-state index in [1.165, 1.54) is 31.5 Å². The molecule has 0 unspecified atom stereocenters. The van der Waals surface area contributed by atoms with E-state index in [-0.39, 0.29) is 33.9 Å². The lowest BCUT2D eigenvalue weighted by Gasteiger charge is -2.56. The van der Waals surface area contributed by atoms with E-state index < -0.39 is 15.9 Å². The second kappa shape index (κ2) is 12.1. The van der Waals surface area contributed by atoms with Gasteiger partial charge in [-0.2, -0.15) is 0 Å². The van der Waals surface area contributed by atoms with Gasteiger partial charge >= 0.3 is 0 Å². The number of aromatic hydroxyl groups is 1. The first-order valence-corrected chi connectivity index (χ1v) is 18.6. The number of carbonyl (C=O) groups is 2. The zero-order chi connectivity index (χ0) is 33.8. The molecule has 8 rings (SSSR count). The molecule has 4 saturated carbocycles. The largest absolute Gasteiger partial charge is 0.506 e. The fraction of sp³-hybridized carbons (Fsp3) is 0.528. The molecule has 0 spiro atoms. The summed E-state index contributed by atoms with van der Waals surface area (Å²) in [6.45, 7) is 8.26. The van der Waals surface area contributed by atoms with Gasteiger partial charge in [0.15, 0.2) is 11.5 Å². The summed E-state index contributed by atoms with van der Waals surface area (Å²) >= 11 is 0. The third-order valence-electron chi connectivity index (χ3n) is 10.8. The number of sulfonamides is 1. The summed E-state index contributed by atoms with van der Waals surface area (Å²) in [5, 5.41) is 18.3. The van der Waals surface area contributed by atoms with E-state index in [0.717, 1.165) is 36.0 Å². The molecular weight excluding hydrogens is 629 g/mol. The number of piperazine rings is 1. The van der Waals surface area contributed by atoms with E-state index in [1.54, 1.807) is 18.3 Å². The van der Waals surface area contributed by atoms with E-state index in [9.17, 15) is 23.1 Å². The average Bonchev–Trinajstić information content (AvgIpc) is 3.02. The number of pyridine rings is 1. The van der Waals surface area contributed by atoms with Gasteiger partial charge < -0.3 is 14.9 Å². The molecule has 4 aliphatic carbocycles. The van der Waals surface area contributed by atoms with Gasteiger partial charge in [-0.15, -0.1) is 10.2 Å². The highest BCUT2D eigenvalue weighted by Gasteiger charge is 2.52. The Hall–Kier alpha value is -4.06. The number of hydrogen-bond donors (Lipinski definition) is 2. The number of hydrogen-bond acceptors (Lipinski definition) is 9. The molecule has 1 aromatic carbocycles. The predicted molar refractivity (Wildman–Crippen MR) is 182 cm³/mol. The normalized spacial score (nSPS) is 25.3. The molecule has 4 bridgehead atoms. The first-order chi connectivity index (χ1) is 22.7. The maximum absolute atomic E-state index is 13.7. The van der Waals surface area contributed by atoms with Crippen molar-refractivity contribution in [2.75, 3.05) is 36.8 Å². The van der Waals surface area contributed by atoms with Gasteiger partial charge in [0.05, 0.1) is 11.9 Å². The van der Waals surface area contributed by atoms with Crippen LogP contribution in [-0.4, -0.2) is 77.4 Å². The average molecular weight is 673 g/mol. The van der Waals surface area contributed by atoms with Gasteiger partial charge in [0.2, 0.25) is 10.0 Å². The van der Waals surface area contributed by atoms with E-state index in [0.29, 0.717) is 55.3 Å². The van der Waals surface area contributed by atoms with Crippen LogP contribution < -0.4 is 9.62 Å². The third kappa shape index (κ3) is 6.76. The molecule has 48 heavy (non-hydrogen) atoms. The summed E-state index contributed by atoms with van der Waals surface area (Å²) in [7, 11) is -3.82. The van der Waals surface area contributed by atoms with Crippen molar-refractivity contribution < 1.29 is 23.1 Å². The Labute approximate surface area is 282 Å². The lowest BCUT2D eigenvalue weighted by Crippen LogP contribution is -2.51. The molecule has 11 nitrogen and oxygen atoms in total. The summed E-state index contributed by atoms with van der Waals surface area (Å²) in [6.07, 6.45) is 9.57. The Morgan fingerprint density at radius 1 is 0.896 bits per heavy atom. The first-order valence-electron chi connectivity index (χ1n) is 17.0. The van der Waals surface area contributed by atoms with Crippen LogP contribution in [0, 0.1) is 23.2 Å². The Balaban J connectivity index is 0.974. The minimum atomic E-state index is -3.82. The number of amides is 2. The van der Waals surface area contributed by atoms with Crippen LogP contribution in [0.3, 0.4) is 0 Å². The topological polar surface area (TPSA) is 146 Å². The van der Waals surface area contributed by atoms with Gasteiger partial charge in [-0.1, -0.05) is 26.8 Å². The number of carbonyl (C=O) groups excluding carboxylic acids is 2. The van der Waals surface area contributed by atoms with E-state index in [4.69, 9.17) is 0 Å². The van der Waals surface area contributed by atoms with Crippen molar-refractivity contribution in [2.45, 2.75) is 64.7 Å². The van der Waals surface area contributed by atoms with E-state index in [1.807, 2.05) is 28.0 Å². The minimum Gasteiger partial charge on any atom is -0.506 e. The highest BCUT2D eigenvalue weighted by molar-refractivity contribution is 7.90. The monoisotopic (exact) mass is 672 g/mol. The van der Waals surface area contributed by atoms with Crippen molar-refractivity contribution in [1.29, 1.82) is 0 Å². The second-order valence-corrected chi connectivity index (χ2v) is 17.4. The SMILES string of the molecule is CC(C)(C)c1cc(C(=O)N2CCN(c3ccc(C(=O)NS(=O)(=O)CC45CC6CC(CC(C6)C4)C5)nn3)CC2)cc(-c2cncc(O)c2)c1. The van der Waals surface area contributed by atoms with Crippen LogP contribution in [0.25, 0.3) is 11.1 Å². The quantitative estimate of drug-likeness (QED) is 0.362. The lowest BCUT2D eigenvalue weighted by atomic mass is 9.50. The van der Waals surface area contributed by atoms with Crippen LogP contribution >= 0.6 is 0 Å². The van der Waals surface area contributed by atoms with Crippen LogP contribution in [0.1, 0.15) is 85.7 Å². The van der Waals surface area contributed by atoms with Crippen molar-refractivity contribution in [3.05, 3.63) is 65.6 Å². The molecule has 0 radical (unpaired) electrons. The molecule has 1 aliphatic heterocycles. The predicted octanol–water partition coefficient (Wildman–Crippen LogP) is 4.78. The smallest absolute Gasteiger partial charge is 0.285 e. The van der Waals surface area contributed by atoms with Crippen molar-refractivity contribution in [3.63, 3.8) is 0 Å². The Morgan fingerprint density at radius 3 is 2.15 bits per heavy atom. The second-order valence-electron chi connectivity index (χ2n) is 15.6. The molecule has 3 aromatic rings. The highest BCUT2D eigenvalue weighted by Crippen LogP contribution is 2.60. The highest BCUT2D eigenvalue weighted by atomic mass is 32.2. The van der Waals surface area contributed by atoms with Gasteiger partial charge in [0.25, 0.3) is 11.8 Å². The lowest BCUT2D eigenvalue weighted by molar-refractivity contribution is -0.0391. The van der Waals surface area contributed by atoms with Crippen LogP contribution in [0.4, 0.5) is 5.82 Å². The van der Waals surface area contributed by atoms with Crippen molar-refractivity contribution >= 4 is 27.7 Å². The molecular formula is C36H44N6O5S. The maximum Gasteiger partial charge on any atom is 0.285 e. The third-order valence-corrected chi connectivity index (χ3v) is 12.3. The van der Waals surface area contributed by atoms with Gasteiger partial charge in [0, 0.05) is 43.5 Å². The number of anilines is 1. The van der Waals surface area contributed by atoms with E-state index in [2.05, 4.69) is 40.7 Å². The standard InChI is InChI=1S/C36H44N6O5S/c1-35(2,3)29-14-26(28-16-30(43)21-37-20-28)13-27(15-29)34(45)42-8-6-41(7-9-42)32-5-4-31(38-39-32)33(44)40-48(46,47)22-36-17-23-10-24(18-36)12-25(11-23)19-36/h4-5,13-16,20-21,23-25,43H,6-12,17-19,22H2,1-3H3,(H,40,44). The van der Waals surface area contributed by atoms with Crippen molar-refractivity contribution in [1.82, 2.24) is 24.8 Å². The summed E-state index contributed by atoms with van der Waals surface area (Å²) in [5.74, 6) is 1.66. The molecule has 2 amide bonds. The fourth-order valence-electron chi connectivity index (χ4n) is 8.97. The molecule has 5 aliphatic rings. The summed E-state index contributed by atoms with van der Waals surface area (Å²) < 4.78 is 28.5. The summed E-state index contributed by atoms with van der Waals surface area (Å²) in [6, 6.07) is 10.6. The number of nitrogens with one attached hydrogen (secondary N) is 1. The Bertz CT molecular complexity index is 1790. The van der Waals surface area contributed by atoms with Crippen LogP contribution in [-0.2, 0) is 15.4 Å². The molecule has 12 heteroatoms. The summed E-state index contributed by atoms with van der Waals surface area (Å²) in [5.41, 5.74) is 2.67. The van der Waals surface area contributed by atoms with Gasteiger partial charge in [-0.05, 0) is 109 Å². The van der Waals surface area contributed by atoms with E-state index >= 15 is 0 Å². The van der Waals surface area contributed by atoms with Crippen LogP contribution in [0.5, 0.6) is 5.75 Å². The molecule has 5 fully saturated rings. The fourth-order valence-corrected chi connectivity index (χ4v) is 10.6. The van der Waals surface area contributed by atoms with Crippen LogP contribution in [0.2, 0.25) is 0 Å². The zero-order valence-electron chi connectivity index (χ0n) is 27.9. The number of rotatable bonds is 7. The number of benzene rings is 1. The molecule has 2 aromatic heterocycles. The van der Waals surface area contributed by atoms with Crippen molar-refractivity contribution in [2.24, 2.45) is 23.2 Å². The molecule has 2 N–H and O–H groups in total. The number of nitrogens with zero attached hydrogens (tertiary/aromatic N) is 5. The van der Waals surface area contributed by atoms with Gasteiger partial charge in [-0.25, -0.2) is 13.1 Å². The first kappa shape index (κ1) is 32.5. The Kier molecular flexibility index (Phi) is 8.20. The number of aromatic nitrogens is 3. The molecule has 1 saturated heterocycles. The maximum atomic E-state index is 13.7. The molecule has 254 valence electrons. The zero-order valence-corrected chi connectivity index (χ0v) is 28.7. The van der Waals surface area contributed by atoms with Gasteiger partial charge in [0.1, 0.15) is 5.75 Å². The molecule has 3 heterocycles.